The van der Waals surface area contributed by atoms with Crippen molar-refractivity contribution in [3.63, 3.8) is 0 Å². The van der Waals surface area contributed by atoms with E-state index >= 15 is 0 Å². The van der Waals surface area contributed by atoms with E-state index in [2.05, 4.69) is 5.32 Å². The van der Waals surface area contributed by atoms with E-state index < -0.39 is 5.97 Å². The molecule has 1 aromatic rings. The number of aliphatic carboxylic acids is 1. The van der Waals surface area contributed by atoms with E-state index in [0.717, 1.165) is 11.3 Å². The molecule has 0 bridgehead atoms. The number of nitrogen functional groups attached to an aromatic ring is 1. The molecular weight excluding hydrogens is 204 g/mol. The molecule has 0 aliphatic rings. The second-order valence-electron chi connectivity index (χ2n) is 3.84. The van der Waals surface area contributed by atoms with Crippen LogP contribution in [0.25, 0.3) is 0 Å². The predicted molar refractivity (Wildman–Crippen MR) is 64.1 cm³/mol. The van der Waals surface area contributed by atoms with Crippen molar-refractivity contribution in [2.45, 2.75) is 25.8 Å². The minimum atomic E-state index is -0.751. The molecule has 1 atom stereocenters. The number of nitrogens with one attached hydrogen (secondary N) is 1. The highest BCUT2D eigenvalue weighted by Gasteiger charge is 2.04. The summed E-state index contributed by atoms with van der Waals surface area (Å²) < 4.78 is 0. The molecule has 0 radical (unpaired) electrons. The second kappa shape index (κ2) is 6.12. The molecule has 1 unspecified atom stereocenters. The van der Waals surface area contributed by atoms with Gasteiger partial charge in [-0.1, -0.05) is 12.1 Å². The van der Waals surface area contributed by atoms with Gasteiger partial charge in [-0.25, -0.2) is 0 Å². The van der Waals surface area contributed by atoms with Gasteiger partial charge in [0, 0.05) is 18.2 Å². The van der Waals surface area contributed by atoms with Gasteiger partial charge in [-0.3, -0.25) is 4.79 Å². The Hall–Kier alpha value is -1.55. The molecule has 16 heavy (non-hydrogen) atoms. The van der Waals surface area contributed by atoms with Crippen molar-refractivity contribution in [3.05, 3.63) is 29.8 Å². The summed E-state index contributed by atoms with van der Waals surface area (Å²) in [5, 5.41) is 11.8. The van der Waals surface area contributed by atoms with Crippen molar-refractivity contribution in [3.8, 4) is 0 Å². The largest absolute Gasteiger partial charge is 0.481 e. The summed E-state index contributed by atoms with van der Waals surface area (Å²) in [6.45, 7) is 2.73. The number of carboxylic acids is 1. The number of hydrogen-bond donors (Lipinski definition) is 3. The number of carboxylic acid groups (broad SMARTS) is 1. The summed E-state index contributed by atoms with van der Waals surface area (Å²) in [6.07, 6.45) is 0.846. The van der Waals surface area contributed by atoms with E-state index in [4.69, 9.17) is 10.8 Å². The van der Waals surface area contributed by atoms with E-state index in [1.807, 2.05) is 31.2 Å². The van der Waals surface area contributed by atoms with Crippen molar-refractivity contribution in [1.29, 1.82) is 0 Å². The van der Waals surface area contributed by atoms with E-state index in [1.54, 1.807) is 0 Å². The fourth-order valence-corrected chi connectivity index (χ4v) is 1.50. The van der Waals surface area contributed by atoms with Gasteiger partial charge in [0.25, 0.3) is 0 Å². The Morgan fingerprint density at radius 3 is 2.94 bits per heavy atom. The topological polar surface area (TPSA) is 75.3 Å². The Morgan fingerprint density at radius 1 is 1.56 bits per heavy atom. The fraction of sp³-hybridized carbons (Fsp3) is 0.417. The smallest absolute Gasteiger partial charge is 0.303 e. The van der Waals surface area contributed by atoms with Gasteiger partial charge < -0.3 is 16.2 Å². The van der Waals surface area contributed by atoms with Crippen LogP contribution in [0.5, 0.6) is 0 Å². The Balaban J connectivity index is 2.35. The zero-order valence-corrected chi connectivity index (χ0v) is 9.44. The first kappa shape index (κ1) is 12.5. The van der Waals surface area contributed by atoms with Crippen LogP contribution in [-0.2, 0) is 4.79 Å². The third kappa shape index (κ3) is 4.31. The second-order valence-corrected chi connectivity index (χ2v) is 3.84. The molecule has 0 heterocycles. The lowest BCUT2D eigenvalue weighted by atomic mass is 10.1. The number of benzene rings is 1. The first-order chi connectivity index (χ1) is 7.59. The molecule has 0 amide bonds. The van der Waals surface area contributed by atoms with Crippen LogP contribution in [0.1, 0.15) is 31.4 Å². The minimum Gasteiger partial charge on any atom is -0.481 e. The average Bonchev–Trinajstić information content (AvgIpc) is 2.24. The van der Waals surface area contributed by atoms with Crippen LogP contribution in [0, 0.1) is 0 Å². The van der Waals surface area contributed by atoms with Gasteiger partial charge >= 0.3 is 5.97 Å². The average molecular weight is 222 g/mol. The number of carbonyl (C=O) groups is 1. The molecule has 0 saturated heterocycles. The molecule has 0 aromatic heterocycles. The van der Waals surface area contributed by atoms with Crippen molar-refractivity contribution in [2.75, 3.05) is 12.3 Å². The number of rotatable bonds is 6. The van der Waals surface area contributed by atoms with Crippen LogP contribution in [0.2, 0.25) is 0 Å². The third-order valence-electron chi connectivity index (χ3n) is 2.43. The summed E-state index contributed by atoms with van der Waals surface area (Å²) in [7, 11) is 0. The van der Waals surface area contributed by atoms with Gasteiger partial charge in [0.05, 0.1) is 0 Å². The Morgan fingerprint density at radius 2 is 2.31 bits per heavy atom. The summed E-state index contributed by atoms with van der Waals surface area (Å²) in [4.78, 5) is 10.3. The monoisotopic (exact) mass is 222 g/mol. The molecule has 0 aliphatic carbocycles. The molecule has 1 rings (SSSR count). The summed E-state index contributed by atoms with van der Waals surface area (Å²) in [6, 6.07) is 7.89. The molecule has 4 heteroatoms. The molecule has 0 saturated carbocycles. The van der Waals surface area contributed by atoms with Gasteiger partial charge in [0.1, 0.15) is 0 Å². The third-order valence-corrected chi connectivity index (χ3v) is 2.43. The Labute approximate surface area is 95.5 Å². The van der Waals surface area contributed by atoms with Crippen molar-refractivity contribution in [2.24, 2.45) is 0 Å². The lowest BCUT2D eigenvalue weighted by Gasteiger charge is -2.14. The maximum absolute atomic E-state index is 10.3. The van der Waals surface area contributed by atoms with Crippen molar-refractivity contribution in [1.82, 2.24) is 5.32 Å². The zero-order chi connectivity index (χ0) is 12.0. The fourth-order valence-electron chi connectivity index (χ4n) is 1.50. The first-order valence-corrected chi connectivity index (χ1v) is 5.40. The highest BCUT2D eigenvalue weighted by molar-refractivity contribution is 5.66. The Bertz CT molecular complexity index is 353. The molecule has 4 N–H and O–H groups in total. The van der Waals surface area contributed by atoms with Crippen LogP contribution in [0.15, 0.2) is 24.3 Å². The molecule has 88 valence electrons. The van der Waals surface area contributed by atoms with Gasteiger partial charge in [-0.05, 0) is 37.6 Å². The number of anilines is 1. The van der Waals surface area contributed by atoms with Crippen LogP contribution in [-0.4, -0.2) is 17.6 Å². The van der Waals surface area contributed by atoms with Crippen LogP contribution < -0.4 is 11.1 Å². The maximum Gasteiger partial charge on any atom is 0.303 e. The van der Waals surface area contributed by atoms with Crippen molar-refractivity contribution >= 4 is 11.7 Å². The zero-order valence-electron chi connectivity index (χ0n) is 9.44. The quantitative estimate of drug-likeness (QED) is 0.506. The van der Waals surface area contributed by atoms with E-state index in [-0.39, 0.29) is 12.5 Å². The van der Waals surface area contributed by atoms with E-state index in [1.165, 1.54) is 0 Å². The molecule has 0 fully saturated rings. The predicted octanol–water partition coefficient (Wildman–Crippen LogP) is 1.78. The van der Waals surface area contributed by atoms with Crippen LogP contribution in [0.4, 0.5) is 5.69 Å². The summed E-state index contributed by atoms with van der Waals surface area (Å²) >= 11 is 0. The SMILES string of the molecule is CC(NCCCC(=O)O)c1cccc(N)c1. The van der Waals surface area contributed by atoms with Gasteiger partial charge in [0.2, 0.25) is 0 Å². The highest BCUT2D eigenvalue weighted by atomic mass is 16.4. The summed E-state index contributed by atoms with van der Waals surface area (Å²) in [5.74, 6) is -0.751. The molecule has 0 aliphatic heterocycles. The van der Waals surface area contributed by atoms with Crippen LogP contribution >= 0.6 is 0 Å². The lowest BCUT2D eigenvalue weighted by molar-refractivity contribution is -0.137. The number of nitrogens with two attached hydrogens (primary N) is 1. The molecule has 4 nitrogen and oxygen atoms in total. The van der Waals surface area contributed by atoms with E-state index in [9.17, 15) is 4.79 Å². The first-order valence-electron chi connectivity index (χ1n) is 5.40. The van der Waals surface area contributed by atoms with Crippen molar-refractivity contribution < 1.29 is 9.90 Å². The number of hydrogen-bond acceptors (Lipinski definition) is 3. The van der Waals surface area contributed by atoms with Gasteiger partial charge in [-0.15, -0.1) is 0 Å². The Kier molecular flexibility index (Phi) is 4.79. The highest BCUT2D eigenvalue weighted by Crippen LogP contribution is 2.14. The minimum absolute atomic E-state index is 0.192. The lowest BCUT2D eigenvalue weighted by Crippen LogP contribution is -2.20. The molecular formula is C12H18N2O2. The normalized spacial score (nSPS) is 12.3. The standard InChI is InChI=1S/C12H18N2O2/c1-9(14-7-3-6-12(15)16)10-4-2-5-11(13)8-10/h2,4-5,8-9,14H,3,6-7,13H2,1H3,(H,15,16). The maximum atomic E-state index is 10.3. The van der Waals surface area contributed by atoms with Crippen LogP contribution in [0.3, 0.4) is 0 Å². The van der Waals surface area contributed by atoms with E-state index in [0.29, 0.717) is 13.0 Å². The van der Waals surface area contributed by atoms with Gasteiger partial charge in [0.15, 0.2) is 0 Å². The van der Waals surface area contributed by atoms with Gasteiger partial charge in [-0.2, -0.15) is 0 Å². The molecule has 1 aromatic carbocycles. The summed E-state index contributed by atoms with van der Waals surface area (Å²) in [5.41, 5.74) is 7.55. The molecule has 0 spiro atoms.